The van der Waals surface area contributed by atoms with Crippen molar-refractivity contribution in [1.82, 2.24) is 15.5 Å². The van der Waals surface area contributed by atoms with E-state index in [9.17, 15) is 4.39 Å². The molecule has 0 aliphatic carbocycles. The number of aromatic nitrogens is 2. The maximum Gasteiger partial charge on any atom is 0.243 e. The van der Waals surface area contributed by atoms with Gasteiger partial charge in [-0.1, -0.05) is 35.7 Å². The molecule has 1 aromatic carbocycles. The molecule has 2 aromatic rings. The van der Waals surface area contributed by atoms with Gasteiger partial charge in [0, 0.05) is 17.0 Å². The standard InChI is InChI=1S/C15H17ClFN3O/c16-11-5-4-6-12(17)10(11)9-14-19-15(21-20-14)13-7-2-1-3-8-18-13/h4-6,13,18H,1-3,7-9H2. The van der Waals surface area contributed by atoms with E-state index in [-0.39, 0.29) is 18.3 Å². The maximum atomic E-state index is 13.8. The summed E-state index contributed by atoms with van der Waals surface area (Å²) in [6.07, 6.45) is 4.76. The Morgan fingerprint density at radius 3 is 3.10 bits per heavy atom. The number of nitrogens with zero attached hydrogens (tertiary/aromatic N) is 2. The number of benzene rings is 1. The van der Waals surface area contributed by atoms with Crippen LogP contribution in [0.5, 0.6) is 0 Å². The summed E-state index contributed by atoms with van der Waals surface area (Å²) in [6.45, 7) is 0.960. The fourth-order valence-corrected chi connectivity index (χ4v) is 2.81. The molecular weight excluding hydrogens is 293 g/mol. The summed E-state index contributed by atoms with van der Waals surface area (Å²) in [5.41, 5.74) is 0.403. The van der Waals surface area contributed by atoms with Crippen molar-refractivity contribution in [1.29, 1.82) is 0 Å². The third kappa shape index (κ3) is 3.41. The zero-order valence-corrected chi connectivity index (χ0v) is 12.4. The van der Waals surface area contributed by atoms with E-state index in [1.807, 2.05) is 0 Å². The lowest BCUT2D eigenvalue weighted by atomic mass is 10.1. The van der Waals surface area contributed by atoms with Gasteiger partial charge in [-0.2, -0.15) is 4.98 Å². The third-order valence-corrected chi connectivity index (χ3v) is 4.09. The Morgan fingerprint density at radius 1 is 1.33 bits per heavy atom. The highest BCUT2D eigenvalue weighted by molar-refractivity contribution is 6.31. The Labute approximate surface area is 127 Å². The van der Waals surface area contributed by atoms with Crippen LogP contribution in [0.4, 0.5) is 4.39 Å². The summed E-state index contributed by atoms with van der Waals surface area (Å²) in [5.74, 6) is 0.698. The van der Waals surface area contributed by atoms with Gasteiger partial charge < -0.3 is 9.84 Å². The van der Waals surface area contributed by atoms with Gasteiger partial charge in [0.2, 0.25) is 5.89 Å². The summed E-state index contributed by atoms with van der Waals surface area (Å²) in [5, 5.41) is 7.73. The molecule has 1 atom stereocenters. The van der Waals surface area contributed by atoms with Crippen LogP contribution in [0.25, 0.3) is 0 Å². The van der Waals surface area contributed by atoms with E-state index in [4.69, 9.17) is 16.1 Å². The van der Waals surface area contributed by atoms with E-state index < -0.39 is 0 Å². The van der Waals surface area contributed by atoms with Crippen molar-refractivity contribution in [3.05, 3.63) is 46.3 Å². The van der Waals surface area contributed by atoms with Crippen molar-refractivity contribution in [3.8, 4) is 0 Å². The average Bonchev–Trinajstić information content (AvgIpc) is 2.76. The molecule has 1 aliphatic heterocycles. The second-order valence-corrected chi connectivity index (χ2v) is 5.69. The summed E-state index contributed by atoms with van der Waals surface area (Å²) in [4.78, 5) is 4.39. The van der Waals surface area contributed by atoms with Gasteiger partial charge in [0.05, 0.1) is 6.04 Å². The zero-order valence-electron chi connectivity index (χ0n) is 11.6. The third-order valence-electron chi connectivity index (χ3n) is 3.74. The summed E-state index contributed by atoms with van der Waals surface area (Å²) in [7, 11) is 0. The molecular formula is C15H17ClFN3O. The summed E-state index contributed by atoms with van der Waals surface area (Å²) in [6, 6.07) is 4.73. The Balaban J connectivity index is 1.75. The Hall–Kier alpha value is -1.46. The fourth-order valence-electron chi connectivity index (χ4n) is 2.58. The van der Waals surface area contributed by atoms with Crippen molar-refractivity contribution in [2.24, 2.45) is 0 Å². The highest BCUT2D eigenvalue weighted by atomic mass is 35.5. The summed E-state index contributed by atoms with van der Waals surface area (Å²) >= 11 is 6.02. The SMILES string of the molecule is Fc1cccc(Cl)c1Cc1noc(C2CCCCCN2)n1. The van der Waals surface area contributed by atoms with Gasteiger partial charge in [0.25, 0.3) is 0 Å². The minimum Gasteiger partial charge on any atom is -0.338 e. The Morgan fingerprint density at radius 2 is 2.24 bits per heavy atom. The van der Waals surface area contributed by atoms with Crippen molar-refractivity contribution in [2.45, 2.75) is 38.1 Å². The van der Waals surface area contributed by atoms with Crippen LogP contribution < -0.4 is 5.32 Å². The molecule has 1 saturated heterocycles. The van der Waals surface area contributed by atoms with Gasteiger partial charge in [0.15, 0.2) is 5.82 Å². The highest BCUT2D eigenvalue weighted by Gasteiger charge is 2.20. The van der Waals surface area contributed by atoms with Crippen LogP contribution in [0.15, 0.2) is 22.7 Å². The van der Waals surface area contributed by atoms with E-state index in [2.05, 4.69) is 15.5 Å². The first-order valence-electron chi connectivity index (χ1n) is 7.23. The Bertz CT molecular complexity index is 588. The zero-order chi connectivity index (χ0) is 14.7. The lowest BCUT2D eigenvalue weighted by Gasteiger charge is -2.09. The van der Waals surface area contributed by atoms with Crippen molar-refractivity contribution in [3.63, 3.8) is 0 Å². The molecule has 0 spiro atoms. The predicted molar refractivity (Wildman–Crippen MR) is 77.7 cm³/mol. The van der Waals surface area contributed by atoms with Gasteiger partial charge in [-0.25, -0.2) is 4.39 Å². The fraction of sp³-hybridized carbons (Fsp3) is 0.467. The normalized spacial score (nSPS) is 19.4. The molecule has 1 aromatic heterocycles. The predicted octanol–water partition coefficient (Wildman–Crippen LogP) is 3.66. The van der Waals surface area contributed by atoms with Crippen LogP contribution in [0.1, 0.15) is 49.0 Å². The van der Waals surface area contributed by atoms with Crippen LogP contribution in [-0.4, -0.2) is 16.7 Å². The van der Waals surface area contributed by atoms with Gasteiger partial charge in [0.1, 0.15) is 5.82 Å². The number of nitrogens with one attached hydrogen (secondary N) is 1. The lowest BCUT2D eigenvalue weighted by molar-refractivity contribution is 0.325. The quantitative estimate of drug-likeness (QED) is 0.940. The minimum atomic E-state index is -0.346. The van der Waals surface area contributed by atoms with Gasteiger partial charge in [-0.15, -0.1) is 0 Å². The molecule has 1 fully saturated rings. The molecule has 0 amide bonds. The number of halogens is 2. The topological polar surface area (TPSA) is 51.0 Å². The monoisotopic (exact) mass is 309 g/mol. The van der Waals surface area contributed by atoms with E-state index in [0.717, 1.165) is 19.4 Å². The van der Waals surface area contributed by atoms with Crippen LogP contribution in [0.3, 0.4) is 0 Å². The van der Waals surface area contributed by atoms with E-state index in [0.29, 0.717) is 22.3 Å². The number of hydrogen-bond donors (Lipinski definition) is 1. The summed E-state index contributed by atoms with van der Waals surface area (Å²) < 4.78 is 19.1. The highest BCUT2D eigenvalue weighted by Crippen LogP contribution is 2.24. The van der Waals surface area contributed by atoms with E-state index >= 15 is 0 Å². The van der Waals surface area contributed by atoms with E-state index in [1.165, 1.54) is 18.9 Å². The van der Waals surface area contributed by atoms with Crippen molar-refractivity contribution in [2.75, 3.05) is 6.54 Å². The minimum absolute atomic E-state index is 0.102. The molecule has 21 heavy (non-hydrogen) atoms. The Kier molecular flexibility index (Phi) is 4.51. The molecule has 4 nitrogen and oxygen atoms in total. The number of hydrogen-bond acceptors (Lipinski definition) is 4. The molecule has 112 valence electrons. The van der Waals surface area contributed by atoms with Gasteiger partial charge in [-0.05, 0) is 31.5 Å². The smallest absolute Gasteiger partial charge is 0.243 e. The molecule has 0 saturated carbocycles. The maximum absolute atomic E-state index is 13.8. The molecule has 6 heteroatoms. The molecule has 0 radical (unpaired) electrons. The second-order valence-electron chi connectivity index (χ2n) is 5.28. The van der Waals surface area contributed by atoms with Gasteiger partial charge >= 0.3 is 0 Å². The lowest BCUT2D eigenvalue weighted by Crippen LogP contribution is -2.20. The molecule has 1 N–H and O–H groups in total. The molecule has 0 bridgehead atoms. The van der Waals surface area contributed by atoms with Gasteiger partial charge in [-0.3, -0.25) is 0 Å². The first-order valence-corrected chi connectivity index (χ1v) is 7.60. The first-order chi connectivity index (χ1) is 10.2. The van der Waals surface area contributed by atoms with Crippen molar-refractivity contribution >= 4 is 11.6 Å². The first kappa shape index (κ1) is 14.5. The molecule has 2 heterocycles. The van der Waals surface area contributed by atoms with Crippen LogP contribution in [0.2, 0.25) is 5.02 Å². The van der Waals surface area contributed by atoms with E-state index in [1.54, 1.807) is 12.1 Å². The van der Waals surface area contributed by atoms with Crippen LogP contribution in [-0.2, 0) is 6.42 Å². The number of rotatable bonds is 3. The molecule has 1 unspecified atom stereocenters. The van der Waals surface area contributed by atoms with Crippen LogP contribution in [0, 0.1) is 5.82 Å². The second kappa shape index (κ2) is 6.54. The van der Waals surface area contributed by atoms with Crippen molar-refractivity contribution < 1.29 is 8.91 Å². The largest absolute Gasteiger partial charge is 0.338 e. The molecule has 1 aliphatic rings. The average molecular weight is 310 g/mol. The molecule has 3 rings (SSSR count). The van der Waals surface area contributed by atoms with Crippen LogP contribution >= 0.6 is 11.6 Å².